The molecular formula is C17H15N3O2. The van der Waals surface area contributed by atoms with Crippen LogP contribution in [-0.4, -0.2) is 22.4 Å². The van der Waals surface area contributed by atoms with Gasteiger partial charge in [0.1, 0.15) is 0 Å². The van der Waals surface area contributed by atoms with E-state index in [-0.39, 0.29) is 11.5 Å². The SMILES string of the molecule is O=C(NCCc1cccc2cccnc12)c1ccc(=O)[nH]c1. The fourth-order valence-corrected chi connectivity index (χ4v) is 2.33. The molecule has 3 aromatic rings. The number of fused-ring (bicyclic) bond motifs is 1. The number of hydrogen-bond acceptors (Lipinski definition) is 3. The minimum absolute atomic E-state index is 0.204. The summed E-state index contributed by atoms with van der Waals surface area (Å²) in [5.74, 6) is -0.204. The summed E-state index contributed by atoms with van der Waals surface area (Å²) in [6.45, 7) is 0.508. The minimum Gasteiger partial charge on any atom is -0.352 e. The standard InChI is InChI=1S/C17H15N3O2/c21-15-7-6-14(11-20-15)17(22)19-10-8-13-4-1-3-12-5-2-9-18-16(12)13/h1-7,9,11H,8,10H2,(H,19,22)(H,20,21). The van der Waals surface area contributed by atoms with Crippen molar-refractivity contribution < 1.29 is 4.79 Å². The zero-order chi connectivity index (χ0) is 15.4. The number of para-hydroxylation sites is 1. The maximum Gasteiger partial charge on any atom is 0.252 e. The topological polar surface area (TPSA) is 74.8 Å². The Bertz CT molecular complexity index is 845. The lowest BCUT2D eigenvalue weighted by Crippen LogP contribution is -2.26. The molecule has 0 bridgehead atoms. The number of aromatic nitrogens is 2. The largest absolute Gasteiger partial charge is 0.352 e. The average Bonchev–Trinajstić information content (AvgIpc) is 2.55. The van der Waals surface area contributed by atoms with E-state index in [9.17, 15) is 9.59 Å². The number of carbonyl (C=O) groups is 1. The lowest BCUT2D eigenvalue weighted by atomic mass is 10.1. The van der Waals surface area contributed by atoms with Crippen molar-refractivity contribution in [2.75, 3.05) is 6.54 Å². The third-order valence-electron chi connectivity index (χ3n) is 3.44. The molecule has 0 radical (unpaired) electrons. The van der Waals surface area contributed by atoms with Crippen molar-refractivity contribution in [3.05, 3.63) is 76.3 Å². The highest BCUT2D eigenvalue weighted by Gasteiger charge is 2.06. The molecule has 5 nitrogen and oxygen atoms in total. The Labute approximate surface area is 127 Å². The first-order valence-electron chi connectivity index (χ1n) is 7.03. The number of nitrogens with zero attached hydrogens (tertiary/aromatic N) is 1. The zero-order valence-electron chi connectivity index (χ0n) is 11.9. The van der Waals surface area contributed by atoms with Gasteiger partial charge in [0.15, 0.2) is 0 Å². The Morgan fingerprint density at radius 2 is 2.00 bits per heavy atom. The van der Waals surface area contributed by atoms with Crippen LogP contribution in [0.5, 0.6) is 0 Å². The van der Waals surface area contributed by atoms with Gasteiger partial charge in [-0.3, -0.25) is 14.6 Å². The number of nitrogens with one attached hydrogen (secondary N) is 2. The van der Waals surface area contributed by atoms with Gasteiger partial charge in [-0.2, -0.15) is 0 Å². The third kappa shape index (κ3) is 3.03. The van der Waals surface area contributed by atoms with Crippen molar-refractivity contribution in [3.63, 3.8) is 0 Å². The molecule has 22 heavy (non-hydrogen) atoms. The highest BCUT2D eigenvalue weighted by Crippen LogP contribution is 2.15. The Morgan fingerprint density at radius 1 is 1.14 bits per heavy atom. The lowest BCUT2D eigenvalue weighted by molar-refractivity contribution is 0.0954. The second kappa shape index (κ2) is 6.22. The van der Waals surface area contributed by atoms with Crippen molar-refractivity contribution in [2.24, 2.45) is 0 Å². The monoisotopic (exact) mass is 293 g/mol. The Morgan fingerprint density at radius 3 is 2.82 bits per heavy atom. The number of hydrogen-bond donors (Lipinski definition) is 2. The van der Waals surface area contributed by atoms with Crippen LogP contribution in [0.15, 0.2) is 59.7 Å². The van der Waals surface area contributed by atoms with Crippen molar-refractivity contribution in [3.8, 4) is 0 Å². The number of rotatable bonds is 4. The zero-order valence-corrected chi connectivity index (χ0v) is 11.9. The van der Waals surface area contributed by atoms with E-state index in [0.29, 0.717) is 18.5 Å². The number of carbonyl (C=O) groups excluding carboxylic acids is 1. The predicted molar refractivity (Wildman–Crippen MR) is 84.8 cm³/mol. The van der Waals surface area contributed by atoms with Gasteiger partial charge in [-0.05, 0) is 24.1 Å². The van der Waals surface area contributed by atoms with Gasteiger partial charge in [-0.25, -0.2) is 0 Å². The Kier molecular flexibility index (Phi) is 3.96. The molecule has 0 unspecified atom stereocenters. The van der Waals surface area contributed by atoms with Crippen molar-refractivity contribution >= 4 is 16.8 Å². The maximum absolute atomic E-state index is 12.0. The van der Waals surface area contributed by atoms with Gasteiger partial charge < -0.3 is 10.3 Å². The van der Waals surface area contributed by atoms with Gasteiger partial charge >= 0.3 is 0 Å². The van der Waals surface area contributed by atoms with E-state index >= 15 is 0 Å². The summed E-state index contributed by atoms with van der Waals surface area (Å²) in [6, 6.07) is 12.8. The van der Waals surface area contributed by atoms with E-state index in [4.69, 9.17) is 0 Å². The van der Waals surface area contributed by atoms with Gasteiger partial charge in [-0.15, -0.1) is 0 Å². The summed E-state index contributed by atoms with van der Waals surface area (Å²) in [5, 5.41) is 3.93. The molecule has 0 aliphatic heterocycles. The fraction of sp³-hybridized carbons (Fsp3) is 0.118. The van der Waals surface area contributed by atoms with Crippen molar-refractivity contribution in [2.45, 2.75) is 6.42 Å². The van der Waals surface area contributed by atoms with Crippen molar-refractivity contribution in [1.82, 2.24) is 15.3 Å². The highest BCUT2D eigenvalue weighted by atomic mass is 16.1. The summed E-state index contributed by atoms with van der Waals surface area (Å²) in [5.41, 5.74) is 2.28. The molecule has 5 heteroatoms. The molecule has 0 spiro atoms. The number of H-pyrrole nitrogens is 1. The van der Waals surface area contributed by atoms with Crippen LogP contribution in [0.4, 0.5) is 0 Å². The molecule has 3 rings (SSSR count). The first-order chi connectivity index (χ1) is 10.7. The molecular weight excluding hydrogens is 278 g/mol. The van der Waals surface area contributed by atoms with Crippen LogP contribution in [0.25, 0.3) is 10.9 Å². The van der Waals surface area contributed by atoms with E-state index in [2.05, 4.69) is 15.3 Å². The molecule has 0 saturated carbocycles. The molecule has 0 fully saturated rings. The number of pyridine rings is 2. The van der Waals surface area contributed by atoms with Gasteiger partial charge in [0.05, 0.1) is 11.1 Å². The Hall–Kier alpha value is -2.95. The number of amides is 1. The summed E-state index contributed by atoms with van der Waals surface area (Å²) in [7, 11) is 0. The number of benzene rings is 1. The van der Waals surface area contributed by atoms with Crippen LogP contribution in [0.2, 0.25) is 0 Å². The quantitative estimate of drug-likeness (QED) is 0.771. The normalized spacial score (nSPS) is 10.5. The maximum atomic E-state index is 12.0. The van der Waals surface area contributed by atoms with Gasteiger partial charge in [-0.1, -0.05) is 24.3 Å². The predicted octanol–water partition coefficient (Wildman–Crippen LogP) is 1.90. The molecule has 0 saturated heterocycles. The van der Waals surface area contributed by atoms with Gasteiger partial charge in [0.25, 0.3) is 5.91 Å². The molecule has 1 aromatic carbocycles. The second-order valence-electron chi connectivity index (χ2n) is 4.94. The van der Waals surface area contributed by atoms with E-state index in [1.165, 1.54) is 18.3 Å². The summed E-state index contributed by atoms with van der Waals surface area (Å²) in [4.78, 5) is 29.8. The molecule has 1 amide bonds. The first-order valence-corrected chi connectivity index (χ1v) is 7.03. The van der Waals surface area contributed by atoms with E-state index in [1.54, 1.807) is 6.20 Å². The van der Waals surface area contributed by atoms with E-state index < -0.39 is 0 Å². The van der Waals surface area contributed by atoms with Gasteiger partial charge in [0, 0.05) is 30.4 Å². The summed E-state index contributed by atoms with van der Waals surface area (Å²) >= 11 is 0. The van der Waals surface area contributed by atoms with Gasteiger partial charge in [0.2, 0.25) is 5.56 Å². The van der Waals surface area contributed by atoms with Crippen LogP contribution < -0.4 is 10.9 Å². The molecule has 2 heterocycles. The van der Waals surface area contributed by atoms with Crippen LogP contribution in [0.3, 0.4) is 0 Å². The van der Waals surface area contributed by atoms with Crippen LogP contribution >= 0.6 is 0 Å². The summed E-state index contributed by atoms with van der Waals surface area (Å²) < 4.78 is 0. The minimum atomic E-state index is -0.224. The average molecular weight is 293 g/mol. The second-order valence-corrected chi connectivity index (χ2v) is 4.94. The van der Waals surface area contributed by atoms with E-state index in [0.717, 1.165) is 16.5 Å². The molecule has 0 aliphatic rings. The fourth-order valence-electron chi connectivity index (χ4n) is 2.33. The lowest BCUT2D eigenvalue weighted by Gasteiger charge is -2.07. The molecule has 0 aliphatic carbocycles. The smallest absolute Gasteiger partial charge is 0.252 e. The first kappa shape index (κ1) is 14.0. The molecule has 110 valence electrons. The molecule has 2 N–H and O–H groups in total. The van der Waals surface area contributed by atoms with Crippen LogP contribution in [0.1, 0.15) is 15.9 Å². The van der Waals surface area contributed by atoms with Crippen LogP contribution in [-0.2, 0) is 6.42 Å². The van der Waals surface area contributed by atoms with E-state index in [1.807, 2.05) is 30.3 Å². The molecule has 0 atom stereocenters. The van der Waals surface area contributed by atoms with Crippen LogP contribution in [0, 0.1) is 0 Å². The third-order valence-corrected chi connectivity index (χ3v) is 3.44. The highest BCUT2D eigenvalue weighted by molar-refractivity contribution is 5.93. The summed E-state index contributed by atoms with van der Waals surface area (Å²) in [6.07, 6.45) is 3.88. The number of aromatic amines is 1. The Balaban J connectivity index is 1.66. The van der Waals surface area contributed by atoms with Crippen molar-refractivity contribution in [1.29, 1.82) is 0 Å². The molecule has 2 aromatic heterocycles.